The van der Waals surface area contributed by atoms with E-state index in [2.05, 4.69) is 15.0 Å². The second kappa shape index (κ2) is 5.96. The third-order valence-electron chi connectivity index (χ3n) is 3.06. The summed E-state index contributed by atoms with van der Waals surface area (Å²) in [6.07, 6.45) is 1.62. The van der Waals surface area contributed by atoms with Gasteiger partial charge < -0.3 is 15.0 Å². The number of aromatic nitrogens is 1. The number of hydrogen-bond donors (Lipinski definition) is 2. The van der Waals surface area contributed by atoms with Gasteiger partial charge in [0.1, 0.15) is 0 Å². The third-order valence-corrected chi connectivity index (χ3v) is 3.30. The molecule has 0 bridgehead atoms. The normalized spacial score (nSPS) is 12.2. The number of halogens is 1. The molecule has 2 N–H and O–H groups in total. The van der Waals surface area contributed by atoms with E-state index in [0.717, 1.165) is 10.9 Å². The number of esters is 1. The van der Waals surface area contributed by atoms with Crippen LogP contribution in [0.5, 0.6) is 0 Å². The fourth-order valence-corrected chi connectivity index (χ4v) is 2.08. The van der Waals surface area contributed by atoms with Crippen molar-refractivity contribution in [2.45, 2.75) is 6.92 Å². The molecule has 1 aromatic carbocycles. The molecule has 1 unspecified atom stereocenters. The van der Waals surface area contributed by atoms with Crippen LogP contribution in [0.1, 0.15) is 17.3 Å². The van der Waals surface area contributed by atoms with Crippen molar-refractivity contribution in [3.8, 4) is 0 Å². The summed E-state index contributed by atoms with van der Waals surface area (Å²) in [4.78, 5) is 26.4. The number of ether oxygens (including phenoxy) is 1. The average Bonchev–Trinajstić information content (AvgIpc) is 2.86. The Morgan fingerprint density at radius 2 is 2.20 bits per heavy atom. The molecule has 2 rings (SSSR count). The van der Waals surface area contributed by atoms with Crippen molar-refractivity contribution >= 4 is 34.4 Å². The number of H-pyrrole nitrogens is 1. The van der Waals surface area contributed by atoms with Crippen LogP contribution in [0, 0.1) is 5.92 Å². The lowest BCUT2D eigenvalue weighted by molar-refractivity contribution is -0.144. The molecule has 2 aromatic rings. The fraction of sp³-hybridized carbons (Fsp3) is 0.286. The topological polar surface area (TPSA) is 71.2 Å². The van der Waals surface area contributed by atoms with Crippen LogP contribution < -0.4 is 5.32 Å². The highest BCUT2D eigenvalue weighted by Gasteiger charge is 2.16. The van der Waals surface area contributed by atoms with Crippen LogP contribution >= 0.6 is 11.6 Å². The lowest BCUT2D eigenvalue weighted by atomic mass is 10.1. The fourth-order valence-electron chi connectivity index (χ4n) is 1.91. The van der Waals surface area contributed by atoms with Crippen molar-refractivity contribution in [1.29, 1.82) is 0 Å². The highest BCUT2D eigenvalue weighted by Crippen LogP contribution is 2.21. The van der Waals surface area contributed by atoms with Crippen molar-refractivity contribution in [1.82, 2.24) is 10.3 Å². The van der Waals surface area contributed by atoms with Crippen LogP contribution in [-0.2, 0) is 9.53 Å². The van der Waals surface area contributed by atoms with E-state index in [-0.39, 0.29) is 24.3 Å². The number of rotatable bonds is 4. The van der Waals surface area contributed by atoms with E-state index in [9.17, 15) is 9.59 Å². The maximum absolute atomic E-state index is 12.1. The Bertz CT molecular complexity index is 651. The molecule has 1 amide bonds. The van der Waals surface area contributed by atoms with Crippen LogP contribution in [0.25, 0.3) is 10.9 Å². The number of amides is 1. The number of carbonyl (C=O) groups is 2. The molecule has 1 aromatic heterocycles. The summed E-state index contributed by atoms with van der Waals surface area (Å²) in [6, 6.07) is 5.27. The standard InChI is InChI=1S/C14H15ClN2O3/c1-8(14(19)20-2)6-17-13(18)11-7-16-12-5-9(15)3-4-10(11)12/h3-5,7-8,16H,6H2,1-2H3,(H,17,18). The SMILES string of the molecule is COC(=O)C(C)CNC(=O)c1c[nH]c2cc(Cl)ccc12. The van der Waals surface area contributed by atoms with Gasteiger partial charge in [-0.05, 0) is 12.1 Å². The first kappa shape index (κ1) is 14.4. The molecule has 0 aliphatic rings. The summed E-state index contributed by atoms with van der Waals surface area (Å²) in [7, 11) is 1.32. The largest absolute Gasteiger partial charge is 0.469 e. The zero-order valence-electron chi connectivity index (χ0n) is 11.2. The van der Waals surface area contributed by atoms with Gasteiger partial charge in [0.05, 0.1) is 18.6 Å². The monoisotopic (exact) mass is 294 g/mol. The molecule has 0 aliphatic heterocycles. The van der Waals surface area contributed by atoms with Crippen LogP contribution in [0.15, 0.2) is 24.4 Å². The molecule has 20 heavy (non-hydrogen) atoms. The average molecular weight is 295 g/mol. The van der Waals surface area contributed by atoms with Gasteiger partial charge in [-0.25, -0.2) is 0 Å². The predicted molar refractivity (Wildman–Crippen MR) is 76.8 cm³/mol. The van der Waals surface area contributed by atoms with E-state index >= 15 is 0 Å². The van der Waals surface area contributed by atoms with Crippen LogP contribution in [-0.4, -0.2) is 30.5 Å². The van der Waals surface area contributed by atoms with Crippen molar-refractivity contribution in [3.05, 3.63) is 35.0 Å². The van der Waals surface area contributed by atoms with Crippen LogP contribution in [0.3, 0.4) is 0 Å². The molecule has 0 radical (unpaired) electrons. The molecule has 0 saturated heterocycles. The van der Waals surface area contributed by atoms with Gasteiger partial charge in [-0.2, -0.15) is 0 Å². The van der Waals surface area contributed by atoms with Crippen LogP contribution in [0.4, 0.5) is 0 Å². The molecule has 1 heterocycles. The molecule has 0 aliphatic carbocycles. The second-order valence-electron chi connectivity index (χ2n) is 4.53. The highest BCUT2D eigenvalue weighted by molar-refractivity contribution is 6.31. The first-order valence-corrected chi connectivity index (χ1v) is 6.53. The molecule has 1 atom stereocenters. The van der Waals surface area contributed by atoms with E-state index in [1.807, 2.05) is 0 Å². The van der Waals surface area contributed by atoms with Gasteiger partial charge in [0.25, 0.3) is 5.91 Å². The Kier molecular flexibility index (Phi) is 4.29. The van der Waals surface area contributed by atoms with Gasteiger partial charge in [-0.1, -0.05) is 24.6 Å². The summed E-state index contributed by atoms with van der Waals surface area (Å²) in [6.45, 7) is 1.92. The Morgan fingerprint density at radius 1 is 1.45 bits per heavy atom. The number of nitrogens with one attached hydrogen (secondary N) is 2. The molecule has 5 nitrogen and oxygen atoms in total. The molecular formula is C14H15ClN2O3. The Hall–Kier alpha value is -2.01. The summed E-state index contributed by atoms with van der Waals surface area (Å²) in [5.41, 5.74) is 1.32. The number of carbonyl (C=O) groups excluding carboxylic acids is 2. The Morgan fingerprint density at radius 3 is 2.90 bits per heavy atom. The third kappa shape index (κ3) is 2.93. The maximum atomic E-state index is 12.1. The molecular weight excluding hydrogens is 280 g/mol. The van der Waals surface area contributed by atoms with Gasteiger partial charge >= 0.3 is 5.97 Å². The Balaban J connectivity index is 2.10. The first-order chi connectivity index (χ1) is 9.52. The minimum absolute atomic E-state index is 0.228. The van der Waals surface area contributed by atoms with Crippen molar-refractivity contribution in [2.24, 2.45) is 5.92 Å². The van der Waals surface area contributed by atoms with Gasteiger partial charge in [0, 0.05) is 28.7 Å². The zero-order valence-corrected chi connectivity index (χ0v) is 12.0. The summed E-state index contributed by atoms with van der Waals surface area (Å²) < 4.78 is 4.61. The Labute approximate surface area is 121 Å². The number of fused-ring (bicyclic) bond motifs is 1. The minimum atomic E-state index is -0.386. The van der Waals surface area contributed by atoms with Gasteiger partial charge in [0.15, 0.2) is 0 Å². The smallest absolute Gasteiger partial charge is 0.310 e. The molecule has 0 fully saturated rings. The van der Waals surface area contributed by atoms with Crippen molar-refractivity contribution < 1.29 is 14.3 Å². The van der Waals surface area contributed by atoms with E-state index in [1.54, 1.807) is 31.3 Å². The number of aromatic amines is 1. The van der Waals surface area contributed by atoms with Gasteiger partial charge in [-0.15, -0.1) is 0 Å². The summed E-state index contributed by atoms with van der Waals surface area (Å²) in [5, 5.41) is 4.11. The van der Waals surface area contributed by atoms with E-state index in [1.165, 1.54) is 7.11 Å². The van der Waals surface area contributed by atoms with Crippen molar-refractivity contribution in [2.75, 3.05) is 13.7 Å². The second-order valence-corrected chi connectivity index (χ2v) is 4.96. The molecule has 6 heteroatoms. The quantitative estimate of drug-likeness (QED) is 0.850. The van der Waals surface area contributed by atoms with Crippen molar-refractivity contribution in [3.63, 3.8) is 0 Å². The summed E-state index contributed by atoms with van der Waals surface area (Å²) >= 11 is 5.89. The molecule has 0 spiro atoms. The summed E-state index contributed by atoms with van der Waals surface area (Å²) in [5.74, 6) is -0.978. The first-order valence-electron chi connectivity index (χ1n) is 6.15. The number of methoxy groups -OCH3 is 1. The van der Waals surface area contributed by atoms with Crippen LogP contribution in [0.2, 0.25) is 5.02 Å². The van der Waals surface area contributed by atoms with Gasteiger partial charge in [0.2, 0.25) is 0 Å². The lowest BCUT2D eigenvalue weighted by Crippen LogP contribution is -2.31. The van der Waals surface area contributed by atoms with E-state index in [4.69, 9.17) is 11.6 Å². The maximum Gasteiger partial charge on any atom is 0.310 e. The minimum Gasteiger partial charge on any atom is -0.469 e. The van der Waals surface area contributed by atoms with Gasteiger partial charge in [-0.3, -0.25) is 9.59 Å². The number of hydrogen-bond acceptors (Lipinski definition) is 3. The van der Waals surface area contributed by atoms with E-state index < -0.39 is 0 Å². The lowest BCUT2D eigenvalue weighted by Gasteiger charge is -2.10. The zero-order chi connectivity index (χ0) is 14.7. The number of benzene rings is 1. The predicted octanol–water partition coefficient (Wildman–Crippen LogP) is 2.36. The highest BCUT2D eigenvalue weighted by atomic mass is 35.5. The molecule has 106 valence electrons. The molecule has 0 saturated carbocycles. The van der Waals surface area contributed by atoms with E-state index in [0.29, 0.717) is 10.6 Å².